The lowest BCUT2D eigenvalue weighted by molar-refractivity contribution is -0.133. The van der Waals surface area contributed by atoms with Gasteiger partial charge in [0.05, 0.1) is 0 Å². The van der Waals surface area contributed by atoms with Crippen molar-refractivity contribution in [2.24, 2.45) is 5.92 Å². The van der Waals surface area contributed by atoms with Gasteiger partial charge >= 0.3 is 5.69 Å². The fourth-order valence-corrected chi connectivity index (χ4v) is 3.97. The molecular formula is C22H25N5O4. The zero-order chi connectivity index (χ0) is 21.8. The molecule has 0 spiro atoms. The molecule has 31 heavy (non-hydrogen) atoms. The smallest absolute Gasteiger partial charge is 0.328 e. The highest BCUT2D eigenvalue weighted by atomic mass is 16.5. The minimum absolute atomic E-state index is 0.00562. The molecule has 1 N–H and O–H groups in total. The first kappa shape index (κ1) is 20.8. The molecular weight excluding hydrogens is 398 g/mol. The van der Waals surface area contributed by atoms with Crippen LogP contribution in [-0.4, -0.2) is 43.6 Å². The summed E-state index contributed by atoms with van der Waals surface area (Å²) in [5, 5.41) is 4.12. The van der Waals surface area contributed by atoms with Crippen molar-refractivity contribution in [2.45, 2.75) is 39.2 Å². The Balaban J connectivity index is 1.34. The SMILES string of the molecule is Cc1ccccc1-c1noc(C[C@@H]2CCCN(C(=O)CCn3ccc(=O)[nH]c3=O)C2)n1. The first-order valence-electron chi connectivity index (χ1n) is 10.5. The van der Waals surface area contributed by atoms with E-state index < -0.39 is 11.2 Å². The number of aryl methyl sites for hydroxylation is 2. The van der Waals surface area contributed by atoms with Crippen LogP contribution >= 0.6 is 0 Å². The molecule has 1 aliphatic heterocycles. The van der Waals surface area contributed by atoms with Crippen molar-refractivity contribution in [2.75, 3.05) is 13.1 Å². The molecule has 0 saturated carbocycles. The van der Waals surface area contributed by atoms with Crippen LogP contribution in [-0.2, 0) is 17.8 Å². The van der Waals surface area contributed by atoms with Crippen molar-refractivity contribution in [3.05, 3.63) is 68.8 Å². The van der Waals surface area contributed by atoms with Crippen molar-refractivity contribution >= 4 is 5.91 Å². The van der Waals surface area contributed by atoms with Gasteiger partial charge in [0.2, 0.25) is 17.6 Å². The number of amides is 1. The van der Waals surface area contributed by atoms with Crippen molar-refractivity contribution < 1.29 is 9.32 Å². The maximum absolute atomic E-state index is 12.7. The summed E-state index contributed by atoms with van der Waals surface area (Å²) in [7, 11) is 0. The number of carbonyl (C=O) groups excluding carboxylic acids is 1. The van der Waals surface area contributed by atoms with Gasteiger partial charge in [-0.15, -0.1) is 0 Å². The standard InChI is InChI=1S/C22H25N5O4/c1-15-5-2-3-7-17(15)21-24-19(31-25-21)13-16-6-4-10-27(14-16)20(29)9-12-26-11-8-18(28)23-22(26)30/h2-3,5,7-8,11,16H,4,6,9-10,12-14H2,1H3,(H,23,28,30)/t16-/m0/s1. The molecule has 1 fully saturated rings. The van der Waals surface area contributed by atoms with Gasteiger partial charge in [0.25, 0.3) is 5.56 Å². The number of nitrogens with zero attached hydrogens (tertiary/aromatic N) is 4. The Morgan fingerprint density at radius 2 is 2.10 bits per heavy atom. The van der Waals surface area contributed by atoms with E-state index in [-0.39, 0.29) is 24.8 Å². The van der Waals surface area contributed by atoms with Crippen LogP contribution in [0.5, 0.6) is 0 Å². The Kier molecular flexibility index (Phi) is 6.11. The van der Waals surface area contributed by atoms with E-state index in [1.165, 1.54) is 16.8 Å². The van der Waals surface area contributed by atoms with Crippen molar-refractivity contribution in [1.82, 2.24) is 24.6 Å². The molecule has 1 saturated heterocycles. The van der Waals surface area contributed by atoms with Gasteiger partial charge in [0.1, 0.15) is 0 Å². The molecule has 1 amide bonds. The molecule has 4 rings (SSSR count). The number of carbonyl (C=O) groups is 1. The number of nitrogens with one attached hydrogen (secondary N) is 1. The fraction of sp³-hybridized carbons (Fsp3) is 0.409. The molecule has 1 aliphatic rings. The van der Waals surface area contributed by atoms with E-state index in [0.717, 1.165) is 24.0 Å². The van der Waals surface area contributed by atoms with E-state index in [2.05, 4.69) is 15.1 Å². The molecule has 0 unspecified atom stereocenters. The molecule has 1 aromatic carbocycles. The maximum Gasteiger partial charge on any atom is 0.328 e. The predicted molar refractivity (Wildman–Crippen MR) is 113 cm³/mol. The number of benzene rings is 1. The number of piperidine rings is 1. The molecule has 2 aromatic heterocycles. The van der Waals surface area contributed by atoms with Crippen LogP contribution in [0.2, 0.25) is 0 Å². The van der Waals surface area contributed by atoms with Crippen LogP contribution < -0.4 is 11.2 Å². The number of hydrogen-bond acceptors (Lipinski definition) is 6. The van der Waals surface area contributed by atoms with Crippen LogP contribution in [0, 0.1) is 12.8 Å². The number of H-pyrrole nitrogens is 1. The second-order valence-corrected chi connectivity index (χ2v) is 7.93. The lowest BCUT2D eigenvalue weighted by atomic mass is 9.94. The first-order valence-corrected chi connectivity index (χ1v) is 10.5. The van der Waals surface area contributed by atoms with Gasteiger partial charge in [-0.05, 0) is 31.2 Å². The Morgan fingerprint density at radius 3 is 2.90 bits per heavy atom. The van der Waals surface area contributed by atoms with E-state index in [1.807, 2.05) is 36.1 Å². The van der Waals surface area contributed by atoms with Crippen LogP contribution in [0.1, 0.15) is 30.7 Å². The van der Waals surface area contributed by atoms with E-state index in [9.17, 15) is 14.4 Å². The van der Waals surface area contributed by atoms with Gasteiger partial charge in [0, 0.05) is 50.3 Å². The average Bonchev–Trinajstić information content (AvgIpc) is 3.21. The number of rotatable bonds is 6. The fourth-order valence-electron chi connectivity index (χ4n) is 3.97. The second-order valence-electron chi connectivity index (χ2n) is 7.93. The summed E-state index contributed by atoms with van der Waals surface area (Å²) in [6.45, 7) is 3.58. The summed E-state index contributed by atoms with van der Waals surface area (Å²) < 4.78 is 6.81. The van der Waals surface area contributed by atoms with E-state index in [0.29, 0.717) is 31.2 Å². The van der Waals surface area contributed by atoms with Crippen molar-refractivity contribution in [1.29, 1.82) is 0 Å². The highest BCUT2D eigenvalue weighted by molar-refractivity contribution is 5.76. The van der Waals surface area contributed by atoms with E-state index >= 15 is 0 Å². The third-order valence-corrected chi connectivity index (χ3v) is 5.65. The molecule has 0 bridgehead atoms. The largest absolute Gasteiger partial charge is 0.342 e. The zero-order valence-corrected chi connectivity index (χ0v) is 17.4. The first-order chi connectivity index (χ1) is 15.0. The lowest BCUT2D eigenvalue weighted by Gasteiger charge is -2.32. The summed E-state index contributed by atoms with van der Waals surface area (Å²) in [6.07, 6.45) is 4.15. The molecule has 1 atom stereocenters. The van der Waals surface area contributed by atoms with Gasteiger partial charge in [-0.1, -0.05) is 29.4 Å². The summed E-state index contributed by atoms with van der Waals surface area (Å²) in [6, 6.07) is 9.18. The molecule has 0 radical (unpaired) electrons. The van der Waals surface area contributed by atoms with Gasteiger partial charge in [-0.25, -0.2) is 4.79 Å². The van der Waals surface area contributed by atoms with Crippen LogP contribution in [0.4, 0.5) is 0 Å². The zero-order valence-electron chi connectivity index (χ0n) is 17.4. The quantitative estimate of drug-likeness (QED) is 0.646. The predicted octanol–water partition coefficient (Wildman–Crippen LogP) is 1.77. The highest BCUT2D eigenvalue weighted by Gasteiger charge is 2.25. The molecule has 9 heteroatoms. The number of aromatic amines is 1. The van der Waals surface area contributed by atoms with Gasteiger partial charge < -0.3 is 14.0 Å². The van der Waals surface area contributed by atoms with Crippen LogP contribution in [0.3, 0.4) is 0 Å². The van der Waals surface area contributed by atoms with Crippen LogP contribution in [0.15, 0.2) is 50.6 Å². The van der Waals surface area contributed by atoms with Crippen molar-refractivity contribution in [3.8, 4) is 11.4 Å². The Bertz CT molecular complexity index is 1180. The number of aromatic nitrogens is 4. The van der Waals surface area contributed by atoms with Crippen molar-refractivity contribution in [3.63, 3.8) is 0 Å². The minimum atomic E-state index is -0.502. The van der Waals surface area contributed by atoms with Gasteiger partial charge in [-0.2, -0.15) is 4.98 Å². The Morgan fingerprint density at radius 1 is 1.26 bits per heavy atom. The second kappa shape index (κ2) is 9.11. The highest BCUT2D eigenvalue weighted by Crippen LogP contribution is 2.24. The molecule has 162 valence electrons. The average molecular weight is 423 g/mol. The molecule has 9 nitrogen and oxygen atoms in total. The topological polar surface area (TPSA) is 114 Å². The Labute approximate surface area is 178 Å². The third-order valence-electron chi connectivity index (χ3n) is 5.65. The lowest BCUT2D eigenvalue weighted by Crippen LogP contribution is -2.41. The van der Waals surface area contributed by atoms with E-state index in [1.54, 1.807) is 0 Å². The minimum Gasteiger partial charge on any atom is -0.342 e. The van der Waals surface area contributed by atoms with Gasteiger partial charge in [-0.3, -0.25) is 14.6 Å². The normalized spacial score (nSPS) is 16.4. The molecule has 3 heterocycles. The third kappa shape index (κ3) is 4.99. The summed E-state index contributed by atoms with van der Waals surface area (Å²) in [4.78, 5) is 44.2. The summed E-state index contributed by atoms with van der Waals surface area (Å²) in [5.41, 5.74) is 1.09. The summed E-state index contributed by atoms with van der Waals surface area (Å²) in [5.74, 6) is 1.41. The summed E-state index contributed by atoms with van der Waals surface area (Å²) >= 11 is 0. The monoisotopic (exact) mass is 423 g/mol. The molecule has 0 aliphatic carbocycles. The maximum atomic E-state index is 12.7. The molecule has 3 aromatic rings. The van der Waals surface area contributed by atoms with Gasteiger partial charge in [0.15, 0.2) is 0 Å². The Hall–Kier alpha value is -3.49. The number of likely N-dealkylation sites (tertiary alicyclic amines) is 1. The number of hydrogen-bond donors (Lipinski definition) is 1. The van der Waals surface area contributed by atoms with E-state index in [4.69, 9.17) is 4.52 Å². The van der Waals surface area contributed by atoms with Crippen LogP contribution in [0.25, 0.3) is 11.4 Å².